The second kappa shape index (κ2) is 4.53. The fourth-order valence-electron chi connectivity index (χ4n) is 4.33. The van der Waals surface area contributed by atoms with E-state index in [1.54, 1.807) is 0 Å². The van der Waals surface area contributed by atoms with Crippen LogP contribution in [0.25, 0.3) is 0 Å². The van der Waals surface area contributed by atoms with Crippen LogP contribution >= 0.6 is 0 Å². The molecule has 1 N–H and O–H groups in total. The van der Waals surface area contributed by atoms with Crippen LogP contribution in [-0.2, 0) is 12.0 Å². The van der Waals surface area contributed by atoms with Crippen LogP contribution in [0.3, 0.4) is 0 Å². The third-order valence-corrected chi connectivity index (χ3v) is 5.49. The molecule has 2 unspecified atom stereocenters. The molecular weight excluding hydrogens is 270 g/mol. The van der Waals surface area contributed by atoms with Crippen LogP contribution in [0.4, 0.5) is 0 Å². The van der Waals surface area contributed by atoms with Crippen molar-refractivity contribution in [1.82, 2.24) is 5.32 Å². The highest BCUT2D eigenvalue weighted by Crippen LogP contribution is 2.55. The first kappa shape index (κ1) is 13.7. The van der Waals surface area contributed by atoms with E-state index in [-0.39, 0.29) is 17.0 Å². The number of hydrogen-bond donors (Lipinski definition) is 1. The number of rotatable bonds is 2. The second-order valence-electron chi connectivity index (χ2n) is 7.04. The molecule has 1 aliphatic heterocycles. The average Bonchev–Trinajstić information content (AvgIpc) is 3.12. The third-order valence-electron chi connectivity index (χ3n) is 5.49. The lowest BCUT2D eigenvalue weighted by molar-refractivity contribution is 0.0858. The van der Waals surface area contributed by atoms with Gasteiger partial charge in [-0.1, -0.05) is 54.6 Å². The molecule has 1 fully saturated rings. The van der Waals surface area contributed by atoms with Crippen molar-refractivity contribution >= 4 is 5.78 Å². The van der Waals surface area contributed by atoms with Gasteiger partial charge in [0.2, 0.25) is 0 Å². The van der Waals surface area contributed by atoms with Crippen LogP contribution in [0.1, 0.15) is 41.8 Å². The predicted molar refractivity (Wildman–Crippen MR) is 87.9 cm³/mol. The van der Waals surface area contributed by atoms with Crippen LogP contribution in [0.5, 0.6) is 0 Å². The Morgan fingerprint density at radius 1 is 1.00 bits per heavy atom. The SMILES string of the molecule is CC1(C)NC1(c1ccccc1)C1CCc2ccccc2C1=O. The average molecular weight is 291 g/mol. The number of carbonyl (C=O) groups is 1. The van der Waals surface area contributed by atoms with Gasteiger partial charge in [0, 0.05) is 17.0 Å². The summed E-state index contributed by atoms with van der Waals surface area (Å²) < 4.78 is 0. The van der Waals surface area contributed by atoms with E-state index in [0.29, 0.717) is 5.78 Å². The number of benzene rings is 2. The summed E-state index contributed by atoms with van der Waals surface area (Å²) in [5, 5.41) is 3.65. The van der Waals surface area contributed by atoms with Crippen molar-refractivity contribution in [3.63, 3.8) is 0 Å². The zero-order valence-electron chi connectivity index (χ0n) is 13.1. The summed E-state index contributed by atoms with van der Waals surface area (Å²) in [6.45, 7) is 4.40. The molecule has 0 radical (unpaired) electrons. The maximum atomic E-state index is 13.1. The van der Waals surface area contributed by atoms with E-state index < -0.39 is 0 Å². The molecule has 1 heterocycles. The summed E-state index contributed by atoms with van der Waals surface area (Å²) in [6.07, 6.45) is 1.90. The van der Waals surface area contributed by atoms with Crippen LogP contribution in [0, 0.1) is 5.92 Å². The molecule has 2 aromatic carbocycles. The van der Waals surface area contributed by atoms with E-state index in [0.717, 1.165) is 18.4 Å². The van der Waals surface area contributed by atoms with Crippen molar-refractivity contribution in [2.75, 3.05) is 0 Å². The number of hydrogen-bond acceptors (Lipinski definition) is 2. The number of fused-ring (bicyclic) bond motifs is 1. The van der Waals surface area contributed by atoms with Gasteiger partial charge in [-0.3, -0.25) is 10.1 Å². The Kier molecular flexibility index (Phi) is 2.82. The number of ketones is 1. The molecule has 0 aromatic heterocycles. The fraction of sp³-hybridized carbons (Fsp3) is 0.350. The molecule has 4 rings (SSSR count). The van der Waals surface area contributed by atoms with Gasteiger partial charge < -0.3 is 0 Å². The number of nitrogens with one attached hydrogen (secondary N) is 1. The Hall–Kier alpha value is -1.93. The minimum atomic E-state index is -0.223. The van der Waals surface area contributed by atoms with Crippen molar-refractivity contribution in [3.8, 4) is 0 Å². The van der Waals surface area contributed by atoms with Gasteiger partial charge in [0.1, 0.15) is 0 Å². The van der Waals surface area contributed by atoms with Gasteiger partial charge in [-0.05, 0) is 37.8 Å². The number of Topliss-reactive ketones (excluding diaryl/α,β-unsaturated/α-hetero) is 1. The highest BCUT2D eigenvalue weighted by Gasteiger charge is 2.67. The van der Waals surface area contributed by atoms with E-state index >= 15 is 0 Å². The molecule has 0 amide bonds. The predicted octanol–water partition coefficient (Wildman–Crippen LogP) is 3.71. The third kappa shape index (κ3) is 1.74. The zero-order valence-corrected chi connectivity index (χ0v) is 13.1. The molecule has 22 heavy (non-hydrogen) atoms. The molecule has 0 spiro atoms. The van der Waals surface area contributed by atoms with Gasteiger partial charge >= 0.3 is 0 Å². The van der Waals surface area contributed by atoms with Gasteiger partial charge in [-0.25, -0.2) is 0 Å². The Labute approximate surface area is 131 Å². The van der Waals surface area contributed by atoms with Crippen LogP contribution in [0.15, 0.2) is 54.6 Å². The van der Waals surface area contributed by atoms with Crippen LogP contribution < -0.4 is 5.32 Å². The molecule has 2 aromatic rings. The summed E-state index contributed by atoms with van der Waals surface area (Å²) in [4.78, 5) is 13.1. The van der Waals surface area contributed by atoms with Crippen molar-refractivity contribution in [1.29, 1.82) is 0 Å². The van der Waals surface area contributed by atoms with Crippen LogP contribution in [-0.4, -0.2) is 11.3 Å². The van der Waals surface area contributed by atoms with Gasteiger partial charge in [0.25, 0.3) is 0 Å². The molecule has 1 saturated heterocycles. The second-order valence-corrected chi connectivity index (χ2v) is 7.04. The first-order valence-corrected chi connectivity index (χ1v) is 8.03. The summed E-state index contributed by atoms with van der Waals surface area (Å²) in [5.41, 5.74) is 3.08. The summed E-state index contributed by atoms with van der Waals surface area (Å²) in [7, 11) is 0. The Balaban J connectivity index is 1.80. The first-order valence-electron chi connectivity index (χ1n) is 8.03. The van der Waals surface area contributed by atoms with E-state index in [2.05, 4.69) is 49.5 Å². The fourth-order valence-corrected chi connectivity index (χ4v) is 4.33. The lowest BCUT2D eigenvalue weighted by atomic mass is 9.69. The van der Waals surface area contributed by atoms with Crippen molar-refractivity contribution in [3.05, 3.63) is 71.3 Å². The zero-order chi connectivity index (χ0) is 15.4. The maximum Gasteiger partial charge on any atom is 0.168 e. The highest BCUT2D eigenvalue weighted by molar-refractivity contribution is 6.01. The minimum absolute atomic E-state index is 0.0137. The summed E-state index contributed by atoms with van der Waals surface area (Å²) in [6, 6.07) is 18.5. The van der Waals surface area contributed by atoms with E-state index in [1.165, 1.54) is 11.1 Å². The largest absolute Gasteiger partial charge is 0.298 e. The molecule has 2 aliphatic rings. The van der Waals surface area contributed by atoms with Gasteiger partial charge in [-0.2, -0.15) is 0 Å². The van der Waals surface area contributed by atoms with Crippen LogP contribution in [0.2, 0.25) is 0 Å². The lowest BCUT2D eigenvalue weighted by Crippen LogP contribution is -2.38. The number of carbonyl (C=O) groups excluding carboxylic acids is 1. The van der Waals surface area contributed by atoms with Gasteiger partial charge in [-0.15, -0.1) is 0 Å². The van der Waals surface area contributed by atoms with E-state index in [9.17, 15) is 4.79 Å². The summed E-state index contributed by atoms with van der Waals surface area (Å²) >= 11 is 0. The highest BCUT2D eigenvalue weighted by atomic mass is 16.1. The Morgan fingerprint density at radius 3 is 2.32 bits per heavy atom. The van der Waals surface area contributed by atoms with Crippen molar-refractivity contribution in [2.24, 2.45) is 5.92 Å². The molecule has 2 atom stereocenters. The monoisotopic (exact) mass is 291 g/mol. The molecular formula is C20H21NO. The maximum absolute atomic E-state index is 13.1. The molecule has 1 aliphatic carbocycles. The first-order chi connectivity index (χ1) is 10.6. The smallest absolute Gasteiger partial charge is 0.168 e. The molecule has 2 heteroatoms. The molecule has 0 bridgehead atoms. The standard InChI is InChI=1S/C20H21NO/c1-19(2)20(21-19,15-9-4-3-5-10-15)17-13-12-14-8-6-7-11-16(14)18(17)22/h3-11,17,21H,12-13H2,1-2H3. The lowest BCUT2D eigenvalue weighted by Gasteiger charge is -2.32. The topological polar surface area (TPSA) is 39.0 Å². The molecule has 0 saturated carbocycles. The van der Waals surface area contributed by atoms with E-state index in [4.69, 9.17) is 0 Å². The minimum Gasteiger partial charge on any atom is -0.298 e. The van der Waals surface area contributed by atoms with Gasteiger partial charge in [0.15, 0.2) is 5.78 Å². The number of aryl methyl sites for hydroxylation is 1. The van der Waals surface area contributed by atoms with Crippen molar-refractivity contribution in [2.45, 2.75) is 37.8 Å². The van der Waals surface area contributed by atoms with Gasteiger partial charge in [0.05, 0.1) is 5.54 Å². The molecule has 112 valence electrons. The Morgan fingerprint density at radius 2 is 1.64 bits per heavy atom. The normalized spacial score (nSPS) is 29.0. The quantitative estimate of drug-likeness (QED) is 0.857. The Bertz CT molecular complexity index is 734. The van der Waals surface area contributed by atoms with E-state index in [1.807, 2.05) is 24.3 Å². The molecule has 2 nitrogen and oxygen atoms in total. The summed E-state index contributed by atoms with van der Waals surface area (Å²) in [5.74, 6) is 0.309. The van der Waals surface area contributed by atoms with Crippen molar-refractivity contribution < 1.29 is 4.79 Å².